The Morgan fingerprint density at radius 3 is 2.80 bits per heavy atom. The first kappa shape index (κ1) is 8.02. The number of ether oxygens (including phenoxy) is 1. The molecule has 1 heterocycles. The van der Waals surface area contributed by atoms with Gasteiger partial charge in [-0.1, -0.05) is 6.92 Å². The highest BCUT2D eigenvalue weighted by Gasteiger charge is 2.16. The molecule has 0 spiro atoms. The Kier molecular flexibility index (Phi) is 3.16. The van der Waals surface area contributed by atoms with Gasteiger partial charge in [0.2, 0.25) is 0 Å². The van der Waals surface area contributed by atoms with E-state index in [0.29, 0.717) is 6.23 Å². The topological polar surface area (TPSA) is 12.5 Å². The summed E-state index contributed by atoms with van der Waals surface area (Å²) >= 11 is 0. The van der Waals surface area contributed by atoms with Gasteiger partial charge >= 0.3 is 0 Å². The maximum Gasteiger partial charge on any atom is 0.110 e. The maximum absolute atomic E-state index is 5.56. The van der Waals surface area contributed by atoms with Crippen LogP contribution in [-0.2, 0) is 4.74 Å². The summed E-state index contributed by atoms with van der Waals surface area (Å²) in [7, 11) is 2.12. The van der Waals surface area contributed by atoms with Gasteiger partial charge in [-0.2, -0.15) is 0 Å². The quantitative estimate of drug-likeness (QED) is 0.580. The predicted octanol–water partition coefficient (Wildman–Crippen LogP) is 1.46. The second-order valence-corrected chi connectivity index (χ2v) is 2.89. The standard InChI is InChI=1S/C8H17NO/c1-3-9(2)8-6-4-5-7-10-8/h8H,3-7H2,1-2H3. The third-order valence-electron chi connectivity index (χ3n) is 2.15. The summed E-state index contributed by atoms with van der Waals surface area (Å²) < 4.78 is 5.56. The van der Waals surface area contributed by atoms with Crippen molar-refractivity contribution in [3.8, 4) is 0 Å². The Labute approximate surface area is 63.2 Å². The molecule has 0 bridgehead atoms. The number of rotatable bonds is 2. The van der Waals surface area contributed by atoms with Gasteiger partial charge in [-0.25, -0.2) is 0 Å². The zero-order valence-electron chi connectivity index (χ0n) is 6.97. The van der Waals surface area contributed by atoms with Gasteiger partial charge in [0, 0.05) is 6.61 Å². The smallest absolute Gasteiger partial charge is 0.110 e. The van der Waals surface area contributed by atoms with Crippen molar-refractivity contribution in [1.29, 1.82) is 0 Å². The van der Waals surface area contributed by atoms with Crippen molar-refractivity contribution in [2.24, 2.45) is 0 Å². The minimum absolute atomic E-state index is 0.402. The van der Waals surface area contributed by atoms with E-state index in [1.54, 1.807) is 0 Å². The fourth-order valence-electron chi connectivity index (χ4n) is 1.27. The molecule has 2 nitrogen and oxygen atoms in total. The fraction of sp³-hybridized carbons (Fsp3) is 1.00. The van der Waals surface area contributed by atoms with Crippen LogP contribution >= 0.6 is 0 Å². The van der Waals surface area contributed by atoms with Crippen molar-refractivity contribution in [3.05, 3.63) is 0 Å². The molecule has 0 saturated carbocycles. The number of hydrogen-bond donors (Lipinski definition) is 0. The van der Waals surface area contributed by atoms with Crippen LogP contribution in [0.1, 0.15) is 26.2 Å². The molecular formula is C8H17NO. The van der Waals surface area contributed by atoms with E-state index in [-0.39, 0.29) is 0 Å². The highest BCUT2D eigenvalue weighted by atomic mass is 16.5. The van der Waals surface area contributed by atoms with Crippen molar-refractivity contribution < 1.29 is 4.74 Å². The average molecular weight is 143 g/mol. The molecule has 0 aliphatic carbocycles. The van der Waals surface area contributed by atoms with Crippen molar-refractivity contribution >= 4 is 0 Å². The van der Waals surface area contributed by atoms with Crippen LogP contribution in [0.4, 0.5) is 0 Å². The summed E-state index contributed by atoms with van der Waals surface area (Å²) in [4.78, 5) is 2.26. The minimum atomic E-state index is 0.402. The Balaban J connectivity index is 2.24. The van der Waals surface area contributed by atoms with E-state index in [0.717, 1.165) is 13.2 Å². The summed E-state index contributed by atoms with van der Waals surface area (Å²) in [5.74, 6) is 0. The number of hydrogen-bond acceptors (Lipinski definition) is 2. The molecule has 0 aromatic carbocycles. The van der Waals surface area contributed by atoms with Gasteiger partial charge in [0.1, 0.15) is 6.23 Å². The van der Waals surface area contributed by atoms with Gasteiger partial charge in [0.25, 0.3) is 0 Å². The van der Waals surface area contributed by atoms with Gasteiger partial charge in [-0.15, -0.1) is 0 Å². The van der Waals surface area contributed by atoms with E-state index >= 15 is 0 Å². The van der Waals surface area contributed by atoms with E-state index in [9.17, 15) is 0 Å². The van der Waals surface area contributed by atoms with E-state index in [4.69, 9.17) is 4.74 Å². The first-order valence-electron chi connectivity index (χ1n) is 4.16. The Morgan fingerprint density at radius 1 is 1.50 bits per heavy atom. The SMILES string of the molecule is CCN(C)C1CCCCO1. The average Bonchev–Trinajstić information content (AvgIpc) is 2.05. The summed E-state index contributed by atoms with van der Waals surface area (Å²) in [5, 5.41) is 0. The van der Waals surface area contributed by atoms with Crippen LogP contribution in [0.15, 0.2) is 0 Å². The monoisotopic (exact) mass is 143 g/mol. The molecule has 1 fully saturated rings. The zero-order valence-corrected chi connectivity index (χ0v) is 6.97. The van der Waals surface area contributed by atoms with Crippen LogP contribution in [0, 0.1) is 0 Å². The molecule has 0 amide bonds. The van der Waals surface area contributed by atoms with Crippen molar-refractivity contribution in [3.63, 3.8) is 0 Å². The molecular weight excluding hydrogens is 126 g/mol. The van der Waals surface area contributed by atoms with Crippen LogP contribution in [-0.4, -0.2) is 31.3 Å². The Hall–Kier alpha value is -0.0800. The van der Waals surface area contributed by atoms with Gasteiger partial charge in [0.15, 0.2) is 0 Å². The van der Waals surface area contributed by atoms with Crippen LogP contribution in [0.5, 0.6) is 0 Å². The second kappa shape index (κ2) is 3.94. The first-order valence-corrected chi connectivity index (χ1v) is 4.16. The Bertz CT molecular complexity index is 89.3. The molecule has 0 N–H and O–H groups in total. The lowest BCUT2D eigenvalue weighted by molar-refractivity contribution is -0.0729. The lowest BCUT2D eigenvalue weighted by atomic mass is 10.2. The van der Waals surface area contributed by atoms with E-state index in [1.165, 1.54) is 19.3 Å². The third kappa shape index (κ3) is 1.96. The largest absolute Gasteiger partial charge is 0.363 e. The molecule has 1 unspecified atom stereocenters. The lowest BCUT2D eigenvalue weighted by Gasteiger charge is -2.30. The second-order valence-electron chi connectivity index (χ2n) is 2.89. The lowest BCUT2D eigenvalue weighted by Crippen LogP contribution is -2.36. The zero-order chi connectivity index (χ0) is 7.40. The van der Waals surface area contributed by atoms with Crippen LogP contribution in [0.25, 0.3) is 0 Å². The molecule has 1 aliphatic rings. The Morgan fingerprint density at radius 2 is 2.30 bits per heavy atom. The maximum atomic E-state index is 5.56. The van der Waals surface area contributed by atoms with Gasteiger partial charge in [0.05, 0.1) is 0 Å². The summed E-state index contributed by atoms with van der Waals surface area (Å²) in [6.45, 7) is 4.21. The summed E-state index contributed by atoms with van der Waals surface area (Å²) in [6.07, 6.45) is 4.19. The normalized spacial score (nSPS) is 27.3. The van der Waals surface area contributed by atoms with Gasteiger partial charge in [-0.3, -0.25) is 4.90 Å². The molecule has 0 radical (unpaired) electrons. The summed E-state index contributed by atoms with van der Waals surface area (Å²) in [6, 6.07) is 0. The molecule has 2 heteroatoms. The van der Waals surface area contributed by atoms with Crippen molar-refractivity contribution in [2.75, 3.05) is 20.2 Å². The number of nitrogens with zero attached hydrogens (tertiary/aromatic N) is 1. The van der Waals surface area contributed by atoms with Gasteiger partial charge in [-0.05, 0) is 32.9 Å². The third-order valence-corrected chi connectivity index (χ3v) is 2.15. The summed E-state index contributed by atoms with van der Waals surface area (Å²) in [5.41, 5.74) is 0. The fourth-order valence-corrected chi connectivity index (χ4v) is 1.27. The highest BCUT2D eigenvalue weighted by Crippen LogP contribution is 2.14. The van der Waals surface area contributed by atoms with Crippen molar-refractivity contribution in [1.82, 2.24) is 4.90 Å². The van der Waals surface area contributed by atoms with Crippen LogP contribution in [0.2, 0.25) is 0 Å². The first-order chi connectivity index (χ1) is 4.84. The highest BCUT2D eigenvalue weighted by molar-refractivity contribution is 4.61. The molecule has 60 valence electrons. The molecule has 1 atom stereocenters. The molecule has 1 aliphatic heterocycles. The molecule has 10 heavy (non-hydrogen) atoms. The van der Waals surface area contributed by atoms with Crippen molar-refractivity contribution in [2.45, 2.75) is 32.4 Å². The molecule has 0 aromatic heterocycles. The van der Waals surface area contributed by atoms with E-state index < -0.39 is 0 Å². The molecule has 1 saturated heterocycles. The van der Waals surface area contributed by atoms with E-state index in [2.05, 4.69) is 18.9 Å². The predicted molar refractivity (Wildman–Crippen MR) is 41.9 cm³/mol. The van der Waals surface area contributed by atoms with E-state index in [1.807, 2.05) is 0 Å². The molecule has 1 rings (SSSR count). The molecule has 0 aromatic rings. The van der Waals surface area contributed by atoms with Crippen LogP contribution in [0.3, 0.4) is 0 Å². The van der Waals surface area contributed by atoms with Crippen LogP contribution < -0.4 is 0 Å². The van der Waals surface area contributed by atoms with Gasteiger partial charge < -0.3 is 4.74 Å². The minimum Gasteiger partial charge on any atom is -0.363 e.